The van der Waals surface area contributed by atoms with Gasteiger partial charge in [-0.3, -0.25) is 14.4 Å². The van der Waals surface area contributed by atoms with Crippen LogP contribution in [0.1, 0.15) is 23.2 Å². The number of rotatable bonds is 6. The summed E-state index contributed by atoms with van der Waals surface area (Å²) in [5, 5.41) is 2.76. The van der Waals surface area contributed by atoms with E-state index in [-0.39, 0.29) is 18.4 Å². The van der Waals surface area contributed by atoms with Crippen molar-refractivity contribution >= 4 is 29.5 Å². The predicted octanol–water partition coefficient (Wildman–Crippen LogP) is 2.64. The van der Waals surface area contributed by atoms with E-state index in [4.69, 9.17) is 4.74 Å². The van der Waals surface area contributed by atoms with Crippen LogP contribution in [-0.2, 0) is 9.59 Å². The first-order chi connectivity index (χ1) is 12.2. The Morgan fingerprint density at radius 1 is 1.20 bits per heavy atom. The van der Waals surface area contributed by atoms with Crippen LogP contribution in [0.25, 0.3) is 0 Å². The van der Waals surface area contributed by atoms with E-state index in [1.807, 2.05) is 6.07 Å². The largest absolute Gasteiger partial charge is 0.484 e. The lowest BCUT2D eigenvalue weighted by atomic mass is 10.2. The van der Waals surface area contributed by atoms with E-state index in [1.165, 1.54) is 0 Å². The number of carbonyl (C=O) groups is 3. The summed E-state index contributed by atoms with van der Waals surface area (Å²) in [7, 11) is 0. The number of amides is 2. The third kappa shape index (κ3) is 4.23. The molecule has 6 nitrogen and oxygen atoms in total. The second-order valence-corrected chi connectivity index (χ2v) is 5.72. The van der Waals surface area contributed by atoms with Crippen molar-refractivity contribution in [3.63, 3.8) is 0 Å². The van der Waals surface area contributed by atoms with Gasteiger partial charge < -0.3 is 15.0 Å². The summed E-state index contributed by atoms with van der Waals surface area (Å²) in [4.78, 5) is 36.2. The molecule has 1 saturated heterocycles. The molecule has 1 heterocycles. The maximum atomic E-state index is 12.0. The Bertz CT molecular complexity index is 786. The number of hydrogen-bond acceptors (Lipinski definition) is 4. The van der Waals surface area contributed by atoms with Gasteiger partial charge >= 0.3 is 0 Å². The number of nitrogens with one attached hydrogen (secondary N) is 1. The number of anilines is 2. The second-order valence-electron chi connectivity index (χ2n) is 5.72. The maximum absolute atomic E-state index is 12.0. The minimum absolute atomic E-state index is 0.102. The zero-order valence-corrected chi connectivity index (χ0v) is 13.6. The molecule has 25 heavy (non-hydrogen) atoms. The smallest absolute Gasteiger partial charge is 0.262 e. The molecule has 2 amide bonds. The van der Waals surface area contributed by atoms with Crippen molar-refractivity contribution in [3.8, 4) is 5.75 Å². The molecule has 0 aromatic heterocycles. The Kier molecular flexibility index (Phi) is 5.09. The van der Waals surface area contributed by atoms with E-state index in [1.54, 1.807) is 47.4 Å². The first kappa shape index (κ1) is 16.7. The van der Waals surface area contributed by atoms with Gasteiger partial charge in [-0.05, 0) is 48.9 Å². The summed E-state index contributed by atoms with van der Waals surface area (Å²) in [6, 6.07) is 13.7. The first-order valence-electron chi connectivity index (χ1n) is 8.04. The van der Waals surface area contributed by atoms with E-state index in [0.717, 1.165) is 18.4 Å². The van der Waals surface area contributed by atoms with Crippen molar-refractivity contribution in [3.05, 3.63) is 54.1 Å². The van der Waals surface area contributed by atoms with Gasteiger partial charge in [0.1, 0.15) is 12.0 Å². The molecule has 0 unspecified atom stereocenters. The molecule has 0 aliphatic carbocycles. The second kappa shape index (κ2) is 7.61. The molecular weight excluding hydrogens is 320 g/mol. The highest BCUT2D eigenvalue weighted by atomic mass is 16.5. The Balaban J connectivity index is 1.57. The highest BCUT2D eigenvalue weighted by Crippen LogP contribution is 2.24. The molecule has 0 radical (unpaired) electrons. The Labute approximate surface area is 145 Å². The predicted molar refractivity (Wildman–Crippen MR) is 94.0 cm³/mol. The molecule has 1 aliphatic heterocycles. The van der Waals surface area contributed by atoms with E-state index in [9.17, 15) is 14.4 Å². The summed E-state index contributed by atoms with van der Waals surface area (Å²) in [6.07, 6.45) is 2.16. The molecule has 0 atom stereocenters. The zero-order chi connectivity index (χ0) is 17.6. The van der Waals surface area contributed by atoms with Crippen LogP contribution in [0.4, 0.5) is 11.4 Å². The van der Waals surface area contributed by atoms with Crippen LogP contribution in [0.3, 0.4) is 0 Å². The van der Waals surface area contributed by atoms with Gasteiger partial charge in [0.2, 0.25) is 5.91 Å². The molecule has 6 heteroatoms. The molecule has 2 aromatic rings. The van der Waals surface area contributed by atoms with E-state index < -0.39 is 0 Å². The van der Waals surface area contributed by atoms with Crippen LogP contribution in [0.5, 0.6) is 5.75 Å². The van der Waals surface area contributed by atoms with Crippen molar-refractivity contribution in [1.82, 2.24) is 0 Å². The van der Waals surface area contributed by atoms with Gasteiger partial charge in [-0.25, -0.2) is 0 Å². The lowest BCUT2D eigenvalue weighted by Crippen LogP contribution is -2.24. The lowest BCUT2D eigenvalue weighted by Gasteiger charge is -2.16. The van der Waals surface area contributed by atoms with Crippen LogP contribution in [0, 0.1) is 0 Å². The molecule has 0 spiro atoms. The lowest BCUT2D eigenvalue weighted by molar-refractivity contribution is -0.118. The van der Waals surface area contributed by atoms with Crippen molar-refractivity contribution in [2.24, 2.45) is 0 Å². The van der Waals surface area contributed by atoms with E-state index in [0.29, 0.717) is 30.0 Å². The number of carbonyl (C=O) groups excluding carboxylic acids is 3. The molecule has 0 bridgehead atoms. The Morgan fingerprint density at radius 2 is 2.00 bits per heavy atom. The molecule has 2 aromatic carbocycles. The summed E-state index contributed by atoms with van der Waals surface area (Å²) < 4.78 is 5.39. The molecule has 128 valence electrons. The Hall–Kier alpha value is -3.15. The maximum Gasteiger partial charge on any atom is 0.262 e. The average Bonchev–Trinajstić information content (AvgIpc) is 3.06. The van der Waals surface area contributed by atoms with Gasteiger partial charge in [-0.15, -0.1) is 0 Å². The fraction of sp³-hybridized carbons (Fsp3) is 0.211. The molecule has 1 fully saturated rings. The van der Waals surface area contributed by atoms with Gasteiger partial charge in [0.15, 0.2) is 6.61 Å². The number of ether oxygens (including phenoxy) is 1. The van der Waals surface area contributed by atoms with Gasteiger partial charge in [-0.1, -0.05) is 6.07 Å². The van der Waals surface area contributed by atoms with Crippen LogP contribution < -0.4 is 15.0 Å². The number of nitrogens with zero attached hydrogens (tertiary/aromatic N) is 1. The first-order valence-corrected chi connectivity index (χ1v) is 8.04. The van der Waals surface area contributed by atoms with Crippen LogP contribution >= 0.6 is 0 Å². The van der Waals surface area contributed by atoms with Crippen molar-refractivity contribution in [2.75, 3.05) is 23.4 Å². The zero-order valence-electron chi connectivity index (χ0n) is 13.6. The van der Waals surface area contributed by atoms with E-state index >= 15 is 0 Å². The van der Waals surface area contributed by atoms with Gasteiger partial charge in [-0.2, -0.15) is 0 Å². The molecule has 1 N–H and O–H groups in total. The Morgan fingerprint density at radius 3 is 2.68 bits per heavy atom. The third-order valence-electron chi connectivity index (χ3n) is 3.90. The normalized spacial score (nSPS) is 13.6. The average molecular weight is 338 g/mol. The van der Waals surface area contributed by atoms with Gasteiger partial charge in [0.05, 0.1) is 0 Å². The van der Waals surface area contributed by atoms with Crippen molar-refractivity contribution in [2.45, 2.75) is 12.8 Å². The molecule has 1 aliphatic rings. The molecule has 0 saturated carbocycles. The molecular formula is C19H18N2O4. The van der Waals surface area contributed by atoms with Crippen LogP contribution in [0.2, 0.25) is 0 Å². The van der Waals surface area contributed by atoms with Crippen LogP contribution in [0.15, 0.2) is 48.5 Å². The van der Waals surface area contributed by atoms with Crippen LogP contribution in [-0.4, -0.2) is 31.3 Å². The minimum atomic E-state index is -0.302. The van der Waals surface area contributed by atoms with Gasteiger partial charge in [0, 0.05) is 29.9 Å². The summed E-state index contributed by atoms with van der Waals surface area (Å²) in [6.45, 7) is 0.559. The summed E-state index contributed by atoms with van der Waals surface area (Å²) in [5.74, 6) is 0.312. The number of aldehydes is 1. The number of benzene rings is 2. The minimum Gasteiger partial charge on any atom is -0.484 e. The fourth-order valence-electron chi connectivity index (χ4n) is 2.66. The summed E-state index contributed by atoms with van der Waals surface area (Å²) >= 11 is 0. The van der Waals surface area contributed by atoms with E-state index in [2.05, 4.69) is 5.32 Å². The quantitative estimate of drug-likeness (QED) is 0.822. The fourth-order valence-corrected chi connectivity index (χ4v) is 2.66. The van der Waals surface area contributed by atoms with Crippen molar-refractivity contribution < 1.29 is 19.1 Å². The SMILES string of the molecule is O=Cc1ccc(OCC(=O)Nc2cccc(N3CCCC3=O)c2)cc1. The highest BCUT2D eigenvalue weighted by Gasteiger charge is 2.21. The third-order valence-corrected chi connectivity index (χ3v) is 3.90. The topological polar surface area (TPSA) is 75.7 Å². The highest BCUT2D eigenvalue weighted by molar-refractivity contribution is 5.97. The monoisotopic (exact) mass is 338 g/mol. The van der Waals surface area contributed by atoms with Crippen molar-refractivity contribution in [1.29, 1.82) is 0 Å². The van der Waals surface area contributed by atoms with Gasteiger partial charge in [0.25, 0.3) is 5.91 Å². The standard InChI is InChI=1S/C19H18N2O4/c22-12-14-6-8-17(9-7-14)25-13-18(23)20-15-3-1-4-16(11-15)21-10-2-5-19(21)24/h1,3-4,6-9,11-12H,2,5,10,13H2,(H,20,23). The molecule has 3 rings (SSSR count). The summed E-state index contributed by atoms with van der Waals surface area (Å²) in [5.41, 5.74) is 1.94. The number of hydrogen-bond donors (Lipinski definition) is 1.